The van der Waals surface area contributed by atoms with Crippen molar-refractivity contribution in [3.63, 3.8) is 0 Å². The molecule has 1 aromatic carbocycles. The lowest BCUT2D eigenvalue weighted by Crippen LogP contribution is -2.06. The third kappa shape index (κ3) is 3.58. The van der Waals surface area contributed by atoms with E-state index < -0.39 is 0 Å². The van der Waals surface area contributed by atoms with Gasteiger partial charge in [0.25, 0.3) is 0 Å². The van der Waals surface area contributed by atoms with Crippen molar-refractivity contribution < 1.29 is 5.11 Å². The van der Waals surface area contributed by atoms with E-state index in [0.29, 0.717) is 0 Å². The molecule has 0 aromatic heterocycles. The van der Waals surface area contributed by atoms with Crippen LogP contribution in [-0.4, -0.2) is 5.11 Å². The lowest BCUT2D eigenvalue weighted by Gasteiger charge is -2.20. The molecule has 0 aliphatic carbocycles. The number of benzene rings is 1. The number of aliphatic hydroxyl groups excluding tert-OH is 1. The predicted molar refractivity (Wildman–Crippen MR) is 79.1 cm³/mol. The number of aryl methyl sites for hydroxylation is 2. The SMILES string of the molecule is CCCCCCC(O)c1c(C)c(C)cc(C)c1C. The number of hydrogen-bond donors (Lipinski definition) is 1. The molecule has 0 bridgehead atoms. The molecule has 0 heterocycles. The second-order valence-electron chi connectivity index (χ2n) is 5.54. The predicted octanol–water partition coefficient (Wildman–Crippen LogP) is 4.92. The molecule has 1 heteroatoms. The van der Waals surface area contributed by atoms with E-state index in [1.54, 1.807) is 0 Å². The van der Waals surface area contributed by atoms with Crippen LogP contribution in [0.25, 0.3) is 0 Å². The molecule has 0 amide bonds. The first-order valence-electron chi connectivity index (χ1n) is 7.24. The molecule has 0 radical (unpaired) electrons. The molecular formula is C17H28O. The summed E-state index contributed by atoms with van der Waals surface area (Å²) in [7, 11) is 0. The Morgan fingerprint density at radius 2 is 1.50 bits per heavy atom. The van der Waals surface area contributed by atoms with Gasteiger partial charge in [-0.2, -0.15) is 0 Å². The molecule has 0 aliphatic heterocycles. The molecule has 0 saturated carbocycles. The summed E-state index contributed by atoms with van der Waals surface area (Å²) in [6.45, 7) is 10.7. The summed E-state index contributed by atoms with van der Waals surface area (Å²) in [5.41, 5.74) is 6.28. The van der Waals surface area contributed by atoms with Gasteiger partial charge in [0.2, 0.25) is 0 Å². The van der Waals surface area contributed by atoms with Gasteiger partial charge in [-0.3, -0.25) is 0 Å². The van der Waals surface area contributed by atoms with Crippen molar-refractivity contribution in [3.05, 3.63) is 33.9 Å². The van der Waals surface area contributed by atoms with Crippen LogP contribution in [0.15, 0.2) is 6.07 Å². The Morgan fingerprint density at radius 3 is 2.00 bits per heavy atom. The van der Waals surface area contributed by atoms with Gasteiger partial charge in [-0.1, -0.05) is 38.7 Å². The van der Waals surface area contributed by atoms with Crippen LogP contribution in [0.4, 0.5) is 0 Å². The van der Waals surface area contributed by atoms with E-state index in [1.807, 2.05) is 0 Å². The number of hydrogen-bond acceptors (Lipinski definition) is 1. The highest BCUT2D eigenvalue weighted by Crippen LogP contribution is 2.30. The number of unbranched alkanes of at least 4 members (excludes halogenated alkanes) is 3. The first-order valence-corrected chi connectivity index (χ1v) is 7.24. The van der Waals surface area contributed by atoms with Gasteiger partial charge in [0.05, 0.1) is 6.10 Å². The molecule has 1 nitrogen and oxygen atoms in total. The van der Waals surface area contributed by atoms with E-state index in [2.05, 4.69) is 40.7 Å². The molecule has 0 aliphatic rings. The molecule has 1 aromatic rings. The monoisotopic (exact) mass is 248 g/mol. The van der Waals surface area contributed by atoms with Crippen LogP contribution in [0.2, 0.25) is 0 Å². The molecule has 1 rings (SSSR count). The summed E-state index contributed by atoms with van der Waals surface area (Å²) in [6, 6.07) is 2.22. The van der Waals surface area contributed by atoms with Gasteiger partial charge < -0.3 is 5.11 Å². The Labute approximate surface area is 112 Å². The fraction of sp³-hybridized carbons (Fsp3) is 0.647. The van der Waals surface area contributed by atoms with Crippen molar-refractivity contribution >= 4 is 0 Å². The first-order chi connectivity index (χ1) is 8.49. The molecule has 18 heavy (non-hydrogen) atoms. The Balaban J connectivity index is 2.81. The Kier molecular flexibility index (Phi) is 5.87. The molecule has 0 saturated heterocycles. The zero-order chi connectivity index (χ0) is 13.7. The van der Waals surface area contributed by atoms with Crippen molar-refractivity contribution in [3.8, 4) is 0 Å². The van der Waals surface area contributed by atoms with E-state index in [0.717, 1.165) is 12.8 Å². The molecular weight excluding hydrogens is 220 g/mol. The summed E-state index contributed by atoms with van der Waals surface area (Å²) >= 11 is 0. The van der Waals surface area contributed by atoms with Crippen LogP contribution in [0, 0.1) is 27.7 Å². The van der Waals surface area contributed by atoms with Crippen molar-refractivity contribution in [2.24, 2.45) is 0 Å². The van der Waals surface area contributed by atoms with Crippen molar-refractivity contribution in [2.45, 2.75) is 72.8 Å². The highest BCUT2D eigenvalue weighted by atomic mass is 16.3. The smallest absolute Gasteiger partial charge is 0.0795 e. The van der Waals surface area contributed by atoms with Gasteiger partial charge in [0.1, 0.15) is 0 Å². The average molecular weight is 248 g/mol. The van der Waals surface area contributed by atoms with Crippen LogP contribution in [-0.2, 0) is 0 Å². The normalized spacial score (nSPS) is 12.8. The minimum Gasteiger partial charge on any atom is -0.388 e. The van der Waals surface area contributed by atoms with Crippen LogP contribution in [0.3, 0.4) is 0 Å². The highest BCUT2D eigenvalue weighted by Gasteiger charge is 2.15. The molecule has 1 atom stereocenters. The summed E-state index contributed by atoms with van der Waals surface area (Å²) in [4.78, 5) is 0. The van der Waals surface area contributed by atoms with Gasteiger partial charge in [0.15, 0.2) is 0 Å². The van der Waals surface area contributed by atoms with E-state index >= 15 is 0 Å². The molecule has 0 spiro atoms. The van der Waals surface area contributed by atoms with E-state index in [1.165, 1.54) is 47.1 Å². The Morgan fingerprint density at radius 1 is 0.944 bits per heavy atom. The van der Waals surface area contributed by atoms with Crippen LogP contribution >= 0.6 is 0 Å². The lowest BCUT2D eigenvalue weighted by atomic mass is 9.89. The lowest BCUT2D eigenvalue weighted by molar-refractivity contribution is 0.162. The summed E-state index contributed by atoms with van der Waals surface area (Å²) in [6.07, 6.45) is 5.48. The van der Waals surface area contributed by atoms with Gasteiger partial charge in [0, 0.05) is 0 Å². The second kappa shape index (κ2) is 6.94. The summed E-state index contributed by atoms with van der Waals surface area (Å²) in [5.74, 6) is 0. The van der Waals surface area contributed by atoms with Gasteiger partial charge >= 0.3 is 0 Å². The van der Waals surface area contributed by atoms with E-state index in [4.69, 9.17) is 0 Å². The molecule has 1 N–H and O–H groups in total. The highest BCUT2D eigenvalue weighted by molar-refractivity contribution is 5.45. The van der Waals surface area contributed by atoms with E-state index in [9.17, 15) is 5.11 Å². The maximum Gasteiger partial charge on any atom is 0.0795 e. The fourth-order valence-corrected chi connectivity index (χ4v) is 2.66. The second-order valence-corrected chi connectivity index (χ2v) is 5.54. The largest absolute Gasteiger partial charge is 0.388 e. The van der Waals surface area contributed by atoms with Crippen molar-refractivity contribution in [2.75, 3.05) is 0 Å². The molecule has 0 fully saturated rings. The number of rotatable bonds is 6. The Hall–Kier alpha value is -0.820. The maximum absolute atomic E-state index is 10.4. The van der Waals surface area contributed by atoms with Crippen LogP contribution in [0.1, 0.15) is 72.9 Å². The number of aliphatic hydroxyl groups is 1. The van der Waals surface area contributed by atoms with Crippen LogP contribution < -0.4 is 0 Å². The van der Waals surface area contributed by atoms with Gasteiger partial charge in [-0.05, 0) is 61.9 Å². The average Bonchev–Trinajstić information content (AvgIpc) is 2.32. The zero-order valence-electron chi connectivity index (χ0n) is 12.6. The van der Waals surface area contributed by atoms with Crippen molar-refractivity contribution in [1.82, 2.24) is 0 Å². The first kappa shape index (κ1) is 15.2. The Bertz CT molecular complexity index is 367. The van der Waals surface area contributed by atoms with Crippen LogP contribution in [0.5, 0.6) is 0 Å². The minimum absolute atomic E-state index is 0.291. The summed E-state index contributed by atoms with van der Waals surface area (Å²) < 4.78 is 0. The third-order valence-electron chi connectivity index (χ3n) is 4.09. The standard InChI is InChI=1S/C17H28O/c1-6-7-8-9-10-16(18)17-14(4)12(2)11-13(3)15(17)5/h11,16,18H,6-10H2,1-5H3. The van der Waals surface area contributed by atoms with E-state index in [-0.39, 0.29) is 6.10 Å². The summed E-state index contributed by atoms with van der Waals surface area (Å²) in [5, 5.41) is 10.4. The topological polar surface area (TPSA) is 20.2 Å². The fourth-order valence-electron chi connectivity index (χ4n) is 2.66. The third-order valence-corrected chi connectivity index (χ3v) is 4.09. The maximum atomic E-state index is 10.4. The molecule has 1 unspecified atom stereocenters. The van der Waals surface area contributed by atoms with Crippen molar-refractivity contribution in [1.29, 1.82) is 0 Å². The quantitative estimate of drug-likeness (QED) is 0.708. The van der Waals surface area contributed by atoms with Gasteiger partial charge in [-0.25, -0.2) is 0 Å². The minimum atomic E-state index is -0.291. The zero-order valence-corrected chi connectivity index (χ0v) is 12.6. The molecule has 102 valence electrons. The van der Waals surface area contributed by atoms with Gasteiger partial charge in [-0.15, -0.1) is 0 Å².